The van der Waals surface area contributed by atoms with Crippen molar-refractivity contribution >= 4 is 11.4 Å². The van der Waals surface area contributed by atoms with Gasteiger partial charge in [-0.1, -0.05) is 11.6 Å². The third kappa shape index (κ3) is 3.51. The number of benzene rings is 1. The predicted molar refractivity (Wildman–Crippen MR) is 69.6 cm³/mol. The summed E-state index contributed by atoms with van der Waals surface area (Å²) in [6, 6.07) is 1.41. The summed E-state index contributed by atoms with van der Waals surface area (Å²) in [5, 5.41) is 13.1. The normalized spacial score (nSPS) is 14.8. The van der Waals surface area contributed by atoms with Crippen LogP contribution in [0, 0.1) is 21.7 Å². The Balaban J connectivity index is 1.99. The minimum Gasteiger partial charge on any atom is -0.380 e. The van der Waals surface area contributed by atoms with Gasteiger partial charge in [0.15, 0.2) is 11.6 Å². The van der Waals surface area contributed by atoms with E-state index in [1.165, 1.54) is 5.57 Å². The fourth-order valence-electron chi connectivity index (χ4n) is 1.97. The van der Waals surface area contributed by atoms with Crippen molar-refractivity contribution < 1.29 is 18.4 Å². The molecule has 0 bridgehead atoms. The van der Waals surface area contributed by atoms with Gasteiger partial charge in [-0.25, -0.2) is 8.78 Å². The largest absolute Gasteiger partial charge is 0.380 e. The third-order valence-corrected chi connectivity index (χ3v) is 3.04. The number of nitro benzene ring substituents is 1. The molecule has 1 aromatic rings. The Morgan fingerprint density at radius 3 is 2.60 bits per heavy atom. The fraction of sp³-hybridized carbons (Fsp3) is 0.385. The van der Waals surface area contributed by atoms with E-state index in [4.69, 9.17) is 4.74 Å². The molecule has 0 fully saturated rings. The summed E-state index contributed by atoms with van der Waals surface area (Å²) >= 11 is 0. The average Bonchev–Trinajstić information content (AvgIpc) is 2.42. The van der Waals surface area contributed by atoms with E-state index in [0.717, 1.165) is 6.42 Å². The summed E-state index contributed by atoms with van der Waals surface area (Å²) in [4.78, 5) is 9.64. The number of non-ortho nitro benzene ring substituents is 1. The van der Waals surface area contributed by atoms with Gasteiger partial charge < -0.3 is 10.1 Å². The lowest BCUT2D eigenvalue weighted by atomic mass is 10.1. The molecule has 0 amide bonds. The molecule has 7 heteroatoms. The van der Waals surface area contributed by atoms with Crippen LogP contribution in [-0.4, -0.2) is 24.7 Å². The second-order valence-corrected chi connectivity index (χ2v) is 4.41. The summed E-state index contributed by atoms with van der Waals surface area (Å²) in [5.74, 6) is -1.92. The summed E-state index contributed by atoms with van der Waals surface area (Å²) < 4.78 is 32.3. The minimum atomic E-state index is -0.961. The van der Waals surface area contributed by atoms with Crippen molar-refractivity contribution in [1.82, 2.24) is 0 Å². The van der Waals surface area contributed by atoms with Gasteiger partial charge in [-0.3, -0.25) is 10.1 Å². The molecule has 0 saturated carbocycles. The number of halogens is 2. The van der Waals surface area contributed by atoms with Gasteiger partial charge in [0, 0.05) is 6.54 Å². The zero-order valence-electron chi connectivity index (χ0n) is 10.7. The lowest BCUT2D eigenvalue weighted by Crippen LogP contribution is -2.10. The first-order valence-corrected chi connectivity index (χ1v) is 6.21. The highest BCUT2D eigenvalue weighted by Crippen LogP contribution is 2.25. The van der Waals surface area contributed by atoms with E-state index in [1.807, 2.05) is 6.08 Å². The monoisotopic (exact) mass is 284 g/mol. The molecule has 1 aromatic carbocycles. The standard InChI is InChI=1S/C13H14F2N2O3/c14-11-7-10(17(18)19)8-12(15)13(11)16-4-1-9-2-5-20-6-3-9/h2,7-8,16H,1,3-6H2. The lowest BCUT2D eigenvalue weighted by molar-refractivity contribution is -0.385. The smallest absolute Gasteiger partial charge is 0.275 e. The molecular formula is C13H14F2N2O3. The van der Waals surface area contributed by atoms with Crippen molar-refractivity contribution in [2.24, 2.45) is 0 Å². The summed E-state index contributed by atoms with van der Waals surface area (Å²) in [7, 11) is 0. The second-order valence-electron chi connectivity index (χ2n) is 4.41. The van der Waals surface area contributed by atoms with Crippen LogP contribution in [0.5, 0.6) is 0 Å². The van der Waals surface area contributed by atoms with Crippen molar-refractivity contribution in [1.29, 1.82) is 0 Å². The number of nitrogens with one attached hydrogen (secondary N) is 1. The average molecular weight is 284 g/mol. The van der Waals surface area contributed by atoms with Crippen LogP contribution in [0.3, 0.4) is 0 Å². The van der Waals surface area contributed by atoms with Gasteiger partial charge in [0.25, 0.3) is 5.69 Å². The van der Waals surface area contributed by atoms with E-state index < -0.39 is 22.2 Å². The maximum absolute atomic E-state index is 13.6. The first-order chi connectivity index (χ1) is 9.58. The Bertz CT molecular complexity index is 523. The first kappa shape index (κ1) is 14.4. The first-order valence-electron chi connectivity index (χ1n) is 6.21. The number of rotatable bonds is 5. The number of nitrogens with zero attached hydrogens (tertiary/aromatic N) is 1. The summed E-state index contributed by atoms with van der Waals surface area (Å²) in [5.41, 5.74) is 0.243. The molecule has 2 rings (SSSR count). The molecular weight excluding hydrogens is 270 g/mol. The number of ether oxygens (including phenoxy) is 1. The lowest BCUT2D eigenvalue weighted by Gasteiger charge is -2.14. The molecule has 20 heavy (non-hydrogen) atoms. The highest BCUT2D eigenvalue weighted by Gasteiger charge is 2.16. The van der Waals surface area contributed by atoms with Crippen LogP contribution in [0.15, 0.2) is 23.8 Å². The fourth-order valence-corrected chi connectivity index (χ4v) is 1.97. The van der Waals surface area contributed by atoms with Gasteiger partial charge in [-0.05, 0) is 12.8 Å². The van der Waals surface area contributed by atoms with E-state index in [1.54, 1.807) is 0 Å². The van der Waals surface area contributed by atoms with E-state index in [0.29, 0.717) is 38.3 Å². The van der Waals surface area contributed by atoms with Crippen LogP contribution in [0.4, 0.5) is 20.2 Å². The molecule has 1 N–H and O–H groups in total. The second kappa shape index (κ2) is 6.42. The van der Waals surface area contributed by atoms with Gasteiger partial charge in [0.1, 0.15) is 5.69 Å². The molecule has 0 spiro atoms. The van der Waals surface area contributed by atoms with Gasteiger partial charge in [-0.2, -0.15) is 0 Å². The Morgan fingerprint density at radius 1 is 1.35 bits per heavy atom. The number of hydrogen-bond acceptors (Lipinski definition) is 4. The molecule has 0 unspecified atom stereocenters. The molecule has 0 aliphatic carbocycles. The predicted octanol–water partition coefficient (Wildman–Crippen LogP) is 3.02. The van der Waals surface area contributed by atoms with Gasteiger partial charge in [0.05, 0.1) is 30.3 Å². The van der Waals surface area contributed by atoms with Gasteiger partial charge >= 0.3 is 0 Å². The highest BCUT2D eigenvalue weighted by molar-refractivity contribution is 5.51. The van der Waals surface area contributed by atoms with Crippen molar-refractivity contribution in [3.8, 4) is 0 Å². The van der Waals surface area contributed by atoms with Crippen molar-refractivity contribution in [3.63, 3.8) is 0 Å². The Labute approximate surface area is 114 Å². The van der Waals surface area contributed by atoms with Crippen molar-refractivity contribution in [3.05, 3.63) is 45.5 Å². The minimum absolute atomic E-state index is 0.330. The maximum Gasteiger partial charge on any atom is 0.275 e. The topological polar surface area (TPSA) is 64.4 Å². The number of hydrogen-bond donors (Lipinski definition) is 1. The third-order valence-electron chi connectivity index (χ3n) is 3.04. The molecule has 1 heterocycles. The summed E-state index contributed by atoms with van der Waals surface area (Å²) in [6.07, 6.45) is 3.42. The molecule has 1 aliphatic heterocycles. The van der Waals surface area contributed by atoms with Gasteiger partial charge in [-0.15, -0.1) is 0 Å². The zero-order valence-corrected chi connectivity index (χ0v) is 10.7. The highest BCUT2D eigenvalue weighted by atomic mass is 19.1. The van der Waals surface area contributed by atoms with Crippen LogP contribution in [0.25, 0.3) is 0 Å². The molecule has 0 radical (unpaired) electrons. The molecule has 5 nitrogen and oxygen atoms in total. The SMILES string of the molecule is O=[N+]([O-])c1cc(F)c(NCCC2=CCOCC2)c(F)c1. The molecule has 0 aromatic heterocycles. The van der Waals surface area contributed by atoms with Crippen LogP contribution in [0.1, 0.15) is 12.8 Å². The molecule has 0 saturated heterocycles. The quantitative estimate of drug-likeness (QED) is 0.513. The van der Waals surface area contributed by atoms with Crippen LogP contribution < -0.4 is 5.32 Å². The van der Waals surface area contributed by atoms with E-state index in [-0.39, 0.29) is 5.69 Å². The number of anilines is 1. The Morgan fingerprint density at radius 2 is 2.05 bits per heavy atom. The Hall–Kier alpha value is -2.02. The molecule has 0 atom stereocenters. The maximum atomic E-state index is 13.6. The van der Waals surface area contributed by atoms with Gasteiger partial charge in [0.2, 0.25) is 0 Å². The van der Waals surface area contributed by atoms with E-state index in [2.05, 4.69) is 5.32 Å². The number of nitro groups is 1. The summed E-state index contributed by atoms with van der Waals surface area (Å²) in [6.45, 7) is 1.58. The van der Waals surface area contributed by atoms with E-state index in [9.17, 15) is 18.9 Å². The van der Waals surface area contributed by atoms with E-state index >= 15 is 0 Å². The molecule has 1 aliphatic rings. The van der Waals surface area contributed by atoms with Crippen LogP contribution >= 0.6 is 0 Å². The van der Waals surface area contributed by atoms with Crippen LogP contribution in [0.2, 0.25) is 0 Å². The van der Waals surface area contributed by atoms with Crippen molar-refractivity contribution in [2.75, 3.05) is 25.1 Å². The zero-order chi connectivity index (χ0) is 14.5. The van der Waals surface area contributed by atoms with Crippen LogP contribution in [-0.2, 0) is 4.74 Å². The Kier molecular flexibility index (Phi) is 4.62. The van der Waals surface area contributed by atoms with Crippen molar-refractivity contribution in [2.45, 2.75) is 12.8 Å². The molecule has 108 valence electrons.